The molecule has 30 heavy (non-hydrogen) atoms. The minimum absolute atomic E-state index is 0.246. The van der Waals surface area contributed by atoms with Gasteiger partial charge in [0.2, 0.25) is 0 Å². The number of ether oxygens (including phenoxy) is 2. The van der Waals surface area contributed by atoms with Crippen molar-refractivity contribution < 1.29 is 19.1 Å². The predicted molar refractivity (Wildman–Crippen MR) is 120 cm³/mol. The number of benzene rings is 3. The zero-order chi connectivity index (χ0) is 21.1. The topological polar surface area (TPSA) is 55.8 Å². The van der Waals surface area contributed by atoms with Gasteiger partial charge in [-0.2, -0.15) is 0 Å². The molecule has 0 aliphatic carbocycles. The van der Waals surface area contributed by atoms with Crippen LogP contribution in [0.3, 0.4) is 0 Å². The van der Waals surface area contributed by atoms with Crippen LogP contribution in [0.4, 0.5) is 4.79 Å². The van der Waals surface area contributed by atoms with Gasteiger partial charge >= 0.3 is 0 Å². The van der Waals surface area contributed by atoms with Gasteiger partial charge in [-0.1, -0.05) is 48.5 Å². The van der Waals surface area contributed by atoms with E-state index in [0.29, 0.717) is 23.0 Å². The first kappa shape index (κ1) is 20.0. The Labute approximate surface area is 179 Å². The zero-order valence-corrected chi connectivity index (χ0v) is 17.6. The Kier molecular flexibility index (Phi) is 5.77. The molecule has 0 saturated carbocycles. The molecule has 0 spiro atoms. The van der Waals surface area contributed by atoms with Crippen molar-refractivity contribution in [3.8, 4) is 11.5 Å². The summed E-state index contributed by atoms with van der Waals surface area (Å²) in [4.78, 5) is 27.2. The predicted octanol–water partition coefficient (Wildman–Crippen LogP) is 5.48. The van der Waals surface area contributed by atoms with Crippen molar-refractivity contribution in [2.24, 2.45) is 0 Å². The van der Waals surface area contributed by atoms with Crippen LogP contribution in [0.15, 0.2) is 65.6 Å². The molecule has 0 N–H and O–H groups in total. The summed E-state index contributed by atoms with van der Waals surface area (Å²) in [5.41, 5.74) is 1.72. The van der Waals surface area contributed by atoms with Crippen LogP contribution in [0, 0.1) is 0 Å². The molecule has 0 bridgehead atoms. The number of carbonyl (C=O) groups is 2. The van der Waals surface area contributed by atoms with Crippen LogP contribution >= 0.6 is 11.8 Å². The standard InChI is InChI=1S/C24H21NO4S/c1-3-29-21-13-16(11-12-20(21)28-2)14-22-23(26)25(24(27)30-22)15-18-9-6-8-17-7-4-5-10-19(17)18/h4-14H,3,15H2,1-2H3/b22-14-. The van der Waals surface area contributed by atoms with Crippen molar-refractivity contribution in [2.75, 3.05) is 13.7 Å². The summed E-state index contributed by atoms with van der Waals surface area (Å²) in [5, 5.41) is 1.86. The summed E-state index contributed by atoms with van der Waals surface area (Å²) < 4.78 is 10.9. The number of imide groups is 1. The summed E-state index contributed by atoms with van der Waals surface area (Å²) in [7, 11) is 1.58. The van der Waals surface area contributed by atoms with Gasteiger partial charge in [0.05, 0.1) is 25.2 Å². The van der Waals surface area contributed by atoms with Crippen LogP contribution in [0.25, 0.3) is 16.8 Å². The molecule has 0 aromatic heterocycles. The van der Waals surface area contributed by atoms with Crippen molar-refractivity contribution >= 4 is 39.8 Å². The highest BCUT2D eigenvalue weighted by atomic mass is 32.2. The van der Waals surface area contributed by atoms with E-state index in [1.54, 1.807) is 25.3 Å². The number of hydrogen-bond acceptors (Lipinski definition) is 5. The normalized spacial score (nSPS) is 15.3. The van der Waals surface area contributed by atoms with Gasteiger partial charge in [-0.05, 0) is 58.8 Å². The van der Waals surface area contributed by atoms with Crippen LogP contribution < -0.4 is 9.47 Å². The molecule has 0 unspecified atom stereocenters. The van der Waals surface area contributed by atoms with Crippen LogP contribution in [0.5, 0.6) is 11.5 Å². The number of hydrogen-bond donors (Lipinski definition) is 0. The summed E-state index contributed by atoms with van der Waals surface area (Å²) in [5.74, 6) is 0.938. The average Bonchev–Trinajstić information content (AvgIpc) is 3.02. The summed E-state index contributed by atoms with van der Waals surface area (Å²) in [6.07, 6.45) is 1.72. The van der Waals surface area contributed by atoms with Gasteiger partial charge in [-0.25, -0.2) is 0 Å². The summed E-state index contributed by atoms with van der Waals surface area (Å²) in [6.45, 7) is 2.64. The molecule has 0 radical (unpaired) electrons. The fourth-order valence-electron chi connectivity index (χ4n) is 3.44. The minimum Gasteiger partial charge on any atom is -0.493 e. The Morgan fingerprint density at radius 1 is 1.00 bits per heavy atom. The third-order valence-electron chi connectivity index (χ3n) is 4.87. The molecule has 5 nitrogen and oxygen atoms in total. The molecular weight excluding hydrogens is 398 g/mol. The number of amides is 2. The number of fused-ring (bicyclic) bond motifs is 1. The first-order valence-electron chi connectivity index (χ1n) is 9.63. The van der Waals surface area contributed by atoms with Crippen molar-refractivity contribution in [1.29, 1.82) is 0 Å². The SMILES string of the molecule is CCOc1cc(/C=C2\SC(=O)N(Cc3cccc4ccccc34)C2=O)ccc1OC. The van der Waals surface area contributed by atoms with Crippen molar-refractivity contribution in [3.05, 3.63) is 76.7 Å². The van der Waals surface area contributed by atoms with E-state index in [1.807, 2.05) is 55.5 Å². The fraction of sp³-hybridized carbons (Fsp3) is 0.167. The Bertz CT molecular complexity index is 1150. The quantitative estimate of drug-likeness (QED) is 0.495. The molecule has 3 aromatic rings. The molecule has 152 valence electrons. The lowest BCUT2D eigenvalue weighted by Gasteiger charge is -2.14. The maximum atomic E-state index is 13.0. The highest BCUT2D eigenvalue weighted by molar-refractivity contribution is 8.18. The van der Waals surface area contributed by atoms with Crippen LogP contribution in [0.1, 0.15) is 18.1 Å². The third kappa shape index (κ3) is 3.91. The maximum Gasteiger partial charge on any atom is 0.293 e. The second-order valence-electron chi connectivity index (χ2n) is 6.75. The van der Waals surface area contributed by atoms with Gasteiger partial charge < -0.3 is 9.47 Å². The monoisotopic (exact) mass is 419 g/mol. The largest absolute Gasteiger partial charge is 0.493 e. The zero-order valence-electron chi connectivity index (χ0n) is 16.8. The number of methoxy groups -OCH3 is 1. The van der Waals surface area contributed by atoms with Crippen LogP contribution in [-0.2, 0) is 11.3 Å². The molecule has 1 heterocycles. The second-order valence-corrected chi connectivity index (χ2v) is 7.74. The summed E-state index contributed by atoms with van der Waals surface area (Å²) >= 11 is 0.957. The second kappa shape index (κ2) is 8.63. The number of carbonyl (C=O) groups excluding carboxylic acids is 2. The van der Waals surface area contributed by atoms with Crippen molar-refractivity contribution in [1.82, 2.24) is 4.90 Å². The highest BCUT2D eigenvalue weighted by Gasteiger charge is 2.35. The van der Waals surface area contributed by atoms with Gasteiger partial charge in [-0.3, -0.25) is 14.5 Å². The molecule has 1 fully saturated rings. The first-order chi connectivity index (χ1) is 14.6. The molecule has 0 atom stereocenters. The maximum absolute atomic E-state index is 13.0. The van der Waals surface area contributed by atoms with Gasteiger partial charge in [0.15, 0.2) is 11.5 Å². The lowest BCUT2D eigenvalue weighted by atomic mass is 10.0. The van der Waals surface area contributed by atoms with E-state index in [4.69, 9.17) is 9.47 Å². The van der Waals surface area contributed by atoms with Gasteiger partial charge in [-0.15, -0.1) is 0 Å². The van der Waals surface area contributed by atoms with E-state index < -0.39 is 0 Å². The van der Waals surface area contributed by atoms with E-state index in [9.17, 15) is 9.59 Å². The van der Waals surface area contributed by atoms with E-state index in [-0.39, 0.29) is 17.7 Å². The molecule has 2 amide bonds. The van der Waals surface area contributed by atoms with Gasteiger partial charge in [0, 0.05) is 0 Å². The van der Waals surface area contributed by atoms with Crippen molar-refractivity contribution in [3.63, 3.8) is 0 Å². The van der Waals surface area contributed by atoms with E-state index in [0.717, 1.165) is 33.7 Å². The van der Waals surface area contributed by atoms with E-state index in [1.165, 1.54) is 4.90 Å². The van der Waals surface area contributed by atoms with Gasteiger partial charge in [0.1, 0.15) is 0 Å². The molecule has 4 rings (SSSR count). The number of rotatable bonds is 6. The van der Waals surface area contributed by atoms with Crippen LogP contribution in [-0.4, -0.2) is 29.8 Å². The number of thioether (sulfide) groups is 1. The molecule has 3 aromatic carbocycles. The van der Waals surface area contributed by atoms with Crippen LogP contribution in [0.2, 0.25) is 0 Å². The van der Waals surface area contributed by atoms with E-state index >= 15 is 0 Å². The molecule has 1 aliphatic heterocycles. The Morgan fingerprint density at radius 3 is 2.60 bits per heavy atom. The number of nitrogens with zero attached hydrogens (tertiary/aromatic N) is 1. The Morgan fingerprint density at radius 2 is 1.80 bits per heavy atom. The Hall–Kier alpha value is -3.25. The first-order valence-corrected chi connectivity index (χ1v) is 10.4. The smallest absolute Gasteiger partial charge is 0.293 e. The summed E-state index contributed by atoms with van der Waals surface area (Å²) in [6, 6.07) is 19.3. The minimum atomic E-state index is -0.285. The third-order valence-corrected chi connectivity index (χ3v) is 5.77. The highest BCUT2D eigenvalue weighted by Crippen LogP contribution is 2.36. The molecule has 1 saturated heterocycles. The average molecular weight is 420 g/mol. The van der Waals surface area contributed by atoms with Gasteiger partial charge in [0.25, 0.3) is 11.1 Å². The molecule has 1 aliphatic rings. The fourth-order valence-corrected chi connectivity index (χ4v) is 4.28. The van der Waals surface area contributed by atoms with E-state index in [2.05, 4.69) is 0 Å². The lowest BCUT2D eigenvalue weighted by Crippen LogP contribution is -2.27. The molecular formula is C24H21NO4S. The lowest BCUT2D eigenvalue weighted by molar-refractivity contribution is -0.123. The Balaban J connectivity index is 1.60. The van der Waals surface area contributed by atoms with Crippen molar-refractivity contribution in [2.45, 2.75) is 13.5 Å². The molecule has 6 heteroatoms.